The number of amides is 1. The lowest BCUT2D eigenvalue weighted by molar-refractivity contribution is -0.109. The number of carbonyl (C=O) groups is 1. The second-order valence-electron chi connectivity index (χ2n) is 7.54. The number of benzene rings is 2. The number of nitrogens with two attached hydrogens (primary N) is 2. The Labute approximate surface area is 215 Å². The summed E-state index contributed by atoms with van der Waals surface area (Å²) >= 11 is 6.17. The third kappa shape index (κ3) is 6.27. The monoisotopic (exact) mass is 512 g/mol. The first-order valence-corrected chi connectivity index (χ1v) is 11.8. The maximum atomic E-state index is 15.3. The van der Waals surface area contributed by atoms with Crippen LogP contribution in [0.5, 0.6) is 5.75 Å². The van der Waals surface area contributed by atoms with E-state index in [1.165, 1.54) is 19.3 Å². The Kier molecular flexibility index (Phi) is 10.6. The minimum absolute atomic E-state index is 0.0134. The normalized spacial score (nSPS) is 13.9. The zero-order valence-corrected chi connectivity index (χ0v) is 21.5. The van der Waals surface area contributed by atoms with Crippen LogP contribution in [-0.4, -0.2) is 37.5 Å². The highest BCUT2D eigenvalue weighted by molar-refractivity contribution is 6.35. The number of ether oxygens (including phenoxy) is 1. The SMILES string of the molecule is CC.CN=C(/C(=C\N)c1ccc(C)c(/C(CN)=N\NC=O)c1)c1c(F)c(Cl)cc(OC2CC2)c1C#N. The Morgan fingerprint density at radius 1 is 1.36 bits per heavy atom. The molecule has 5 N–H and O–H groups in total. The highest BCUT2D eigenvalue weighted by Gasteiger charge is 2.29. The molecule has 0 unspecified atom stereocenters. The summed E-state index contributed by atoms with van der Waals surface area (Å²) in [6.45, 7) is 5.92. The number of hydrazone groups is 1. The van der Waals surface area contributed by atoms with Gasteiger partial charge in [0.15, 0.2) is 5.82 Å². The van der Waals surface area contributed by atoms with Gasteiger partial charge in [0.1, 0.15) is 17.4 Å². The van der Waals surface area contributed by atoms with Crippen LogP contribution in [0, 0.1) is 24.1 Å². The number of hydrogen-bond acceptors (Lipinski definition) is 7. The molecule has 190 valence electrons. The first kappa shape index (κ1) is 28.5. The molecule has 36 heavy (non-hydrogen) atoms. The van der Waals surface area contributed by atoms with Gasteiger partial charge in [-0.3, -0.25) is 9.79 Å². The maximum absolute atomic E-state index is 15.3. The van der Waals surface area contributed by atoms with Crippen molar-refractivity contribution in [1.29, 1.82) is 5.26 Å². The van der Waals surface area contributed by atoms with Gasteiger partial charge >= 0.3 is 0 Å². The van der Waals surface area contributed by atoms with Crippen molar-refractivity contribution in [3.05, 3.63) is 69.1 Å². The largest absolute Gasteiger partial charge is 0.489 e. The van der Waals surface area contributed by atoms with Gasteiger partial charge in [0.05, 0.1) is 28.1 Å². The van der Waals surface area contributed by atoms with Gasteiger partial charge < -0.3 is 16.2 Å². The average Bonchev–Trinajstić information content (AvgIpc) is 3.71. The number of nitriles is 1. The quantitative estimate of drug-likeness (QED) is 0.264. The summed E-state index contributed by atoms with van der Waals surface area (Å²) < 4.78 is 21.1. The van der Waals surface area contributed by atoms with E-state index >= 15 is 4.39 Å². The Balaban J connectivity index is 0.00000222. The molecule has 0 aromatic heterocycles. The zero-order valence-electron chi connectivity index (χ0n) is 20.7. The molecule has 0 aliphatic heterocycles. The summed E-state index contributed by atoms with van der Waals surface area (Å²) in [6, 6.07) is 8.69. The van der Waals surface area contributed by atoms with Gasteiger partial charge in [-0.25, -0.2) is 9.82 Å². The lowest BCUT2D eigenvalue weighted by Crippen LogP contribution is -2.20. The Bertz CT molecular complexity index is 1250. The van der Waals surface area contributed by atoms with E-state index in [9.17, 15) is 10.1 Å². The van der Waals surface area contributed by atoms with Gasteiger partial charge in [0, 0.05) is 37.0 Å². The van der Waals surface area contributed by atoms with Gasteiger partial charge in [-0.15, -0.1) is 0 Å². The fourth-order valence-corrected chi connectivity index (χ4v) is 3.69. The molecule has 1 amide bonds. The molecule has 8 nitrogen and oxygen atoms in total. The Morgan fingerprint density at radius 2 is 2.06 bits per heavy atom. The van der Waals surface area contributed by atoms with Gasteiger partial charge in [0.25, 0.3) is 0 Å². The second kappa shape index (κ2) is 13.4. The standard InChI is InChI=1S/C24H24ClFN6O2.C2H6/c1-13-3-4-14(7-16(13)20(11-29)32-31-12-33)17(9-27)24(30-2)22-18(10-28)21(34-15-5-6-15)8-19(25)23(22)26;1-2/h3-4,7-9,12,15H,5-6,11,27,29H2,1-2H3,(H,31,33);1-2H3/b17-9-,30-24?,32-20-;. The van der Waals surface area contributed by atoms with Crippen molar-refractivity contribution in [2.45, 2.75) is 39.7 Å². The number of carbonyl (C=O) groups excluding carboxylic acids is 1. The van der Waals surface area contributed by atoms with Crippen molar-refractivity contribution >= 4 is 35.0 Å². The third-order valence-electron chi connectivity index (χ3n) is 5.30. The van der Waals surface area contributed by atoms with Crippen LogP contribution in [0.4, 0.5) is 4.39 Å². The fourth-order valence-electron chi connectivity index (χ4n) is 3.49. The molecular weight excluding hydrogens is 483 g/mol. The molecule has 0 spiro atoms. The van der Waals surface area contributed by atoms with E-state index in [4.69, 9.17) is 27.8 Å². The predicted octanol–water partition coefficient (Wildman–Crippen LogP) is 4.05. The maximum Gasteiger partial charge on any atom is 0.227 e. The molecule has 0 atom stereocenters. The number of rotatable bonds is 9. The van der Waals surface area contributed by atoms with Crippen molar-refractivity contribution in [3.8, 4) is 11.8 Å². The topological polar surface area (TPSA) is 139 Å². The van der Waals surface area contributed by atoms with Crippen LogP contribution in [0.1, 0.15) is 54.5 Å². The lowest BCUT2D eigenvalue weighted by atomic mass is 9.90. The van der Waals surface area contributed by atoms with Crippen molar-refractivity contribution < 1.29 is 13.9 Å². The zero-order chi connectivity index (χ0) is 26.8. The molecular formula is C26H30ClFN6O2. The summed E-state index contributed by atoms with van der Waals surface area (Å²) in [5.41, 5.74) is 17.0. The first-order valence-electron chi connectivity index (χ1n) is 11.4. The van der Waals surface area contributed by atoms with Gasteiger partial charge in [-0.1, -0.05) is 37.6 Å². The smallest absolute Gasteiger partial charge is 0.227 e. The lowest BCUT2D eigenvalue weighted by Gasteiger charge is -2.18. The van der Waals surface area contributed by atoms with E-state index in [0.717, 1.165) is 18.4 Å². The van der Waals surface area contributed by atoms with E-state index in [0.29, 0.717) is 28.8 Å². The molecule has 2 aromatic carbocycles. The molecule has 10 heteroatoms. The highest BCUT2D eigenvalue weighted by atomic mass is 35.5. The number of aliphatic imine (C=N–C) groups is 1. The molecule has 0 heterocycles. The fraction of sp³-hybridized carbons (Fsp3) is 0.308. The molecule has 2 aromatic rings. The van der Waals surface area contributed by atoms with E-state index in [1.807, 2.05) is 32.9 Å². The summed E-state index contributed by atoms with van der Waals surface area (Å²) in [7, 11) is 1.47. The average molecular weight is 513 g/mol. The van der Waals surface area contributed by atoms with Crippen molar-refractivity contribution in [2.24, 2.45) is 21.6 Å². The molecule has 0 bridgehead atoms. The second-order valence-corrected chi connectivity index (χ2v) is 7.95. The minimum atomic E-state index is -0.798. The van der Waals surface area contributed by atoms with E-state index < -0.39 is 5.82 Å². The van der Waals surface area contributed by atoms with Crippen molar-refractivity contribution in [2.75, 3.05) is 13.6 Å². The van der Waals surface area contributed by atoms with Crippen LogP contribution < -0.4 is 21.6 Å². The number of nitrogens with one attached hydrogen (secondary N) is 1. The van der Waals surface area contributed by atoms with Crippen LogP contribution >= 0.6 is 11.6 Å². The Morgan fingerprint density at radius 3 is 2.58 bits per heavy atom. The number of halogens is 2. The minimum Gasteiger partial charge on any atom is -0.489 e. The molecule has 1 aliphatic rings. The van der Waals surface area contributed by atoms with E-state index in [1.54, 1.807) is 12.1 Å². The highest BCUT2D eigenvalue weighted by Crippen LogP contribution is 2.37. The number of nitrogens with zero attached hydrogens (tertiary/aromatic N) is 3. The summed E-state index contributed by atoms with van der Waals surface area (Å²) in [4.78, 5) is 15.0. The van der Waals surface area contributed by atoms with Crippen LogP contribution in [-0.2, 0) is 4.79 Å². The summed E-state index contributed by atoms with van der Waals surface area (Å²) in [5.74, 6) is -0.598. The third-order valence-corrected chi connectivity index (χ3v) is 5.58. The molecule has 1 fully saturated rings. The molecule has 3 rings (SSSR count). The number of allylic oxidation sites excluding steroid dienone is 1. The Hall–Kier alpha value is -3.74. The van der Waals surface area contributed by atoms with E-state index in [-0.39, 0.29) is 40.3 Å². The molecule has 1 aliphatic carbocycles. The van der Waals surface area contributed by atoms with Crippen LogP contribution in [0.3, 0.4) is 0 Å². The number of aryl methyl sites for hydroxylation is 1. The summed E-state index contributed by atoms with van der Waals surface area (Å²) in [5, 5.41) is 13.7. The van der Waals surface area contributed by atoms with Gasteiger partial charge in [-0.05, 0) is 37.0 Å². The van der Waals surface area contributed by atoms with Crippen LogP contribution in [0.15, 0.2) is 40.6 Å². The van der Waals surface area contributed by atoms with Crippen LogP contribution in [0.25, 0.3) is 5.57 Å². The number of hydrogen-bond donors (Lipinski definition) is 3. The van der Waals surface area contributed by atoms with Crippen molar-refractivity contribution in [1.82, 2.24) is 5.43 Å². The molecule has 1 saturated carbocycles. The van der Waals surface area contributed by atoms with Gasteiger partial charge in [0.2, 0.25) is 6.41 Å². The summed E-state index contributed by atoms with van der Waals surface area (Å²) in [6.07, 6.45) is 3.40. The van der Waals surface area contributed by atoms with Crippen molar-refractivity contribution in [3.63, 3.8) is 0 Å². The molecule has 0 radical (unpaired) electrons. The predicted molar refractivity (Wildman–Crippen MR) is 142 cm³/mol. The first-order chi connectivity index (χ1) is 17.4. The van der Waals surface area contributed by atoms with Crippen LogP contribution in [0.2, 0.25) is 5.02 Å². The van der Waals surface area contributed by atoms with E-state index in [2.05, 4.69) is 15.5 Å². The molecule has 0 saturated heterocycles. The van der Waals surface area contributed by atoms with Gasteiger partial charge in [-0.2, -0.15) is 10.4 Å².